The van der Waals surface area contributed by atoms with E-state index < -0.39 is 5.43 Å². The van der Waals surface area contributed by atoms with E-state index in [9.17, 15) is 9.90 Å². The monoisotopic (exact) mass is 327 g/mol. The number of aromatic hydroxyl groups is 1. The van der Waals surface area contributed by atoms with Crippen LogP contribution < -0.4 is 5.43 Å². The molecule has 0 bridgehead atoms. The zero-order chi connectivity index (χ0) is 17.2. The molecule has 0 saturated carbocycles. The summed E-state index contributed by atoms with van der Waals surface area (Å²) < 4.78 is 1.88. The van der Waals surface area contributed by atoms with Crippen molar-refractivity contribution in [2.75, 3.05) is 46.9 Å². The second-order valence-corrected chi connectivity index (χ2v) is 5.94. The summed E-state index contributed by atoms with van der Waals surface area (Å²) in [5.41, 5.74) is 0.372. The third-order valence-corrected chi connectivity index (χ3v) is 3.67. The predicted molar refractivity (Wildman–Crippen MR) is 89.6 cm³/mol. The van der Waals surface area contributed by atoms with Crippen molar-refractivity contribution in [3.63, 3.8) is 0 Å². The lowest BCUT2D eigenvalue weighted by molar-refractivity contribution is 0.153. The lowest BCUT2D eigenvalue weighted by Gasteiger charge is -2.23. The molecule has 0 aliphatic rings. The van der Waals surface area contributed by atoms with Gasteiger partial charge in [-0.05, 0) is 33.5 Å². The number of aliphatic hydroxyl groups is 2. The summed E-state index contributed by atoms with van der Waals surface area (Å²) >= 11 is 0. The fraction of sp³-hybridized carbons (Fsp3) is 0.688. The average molecular weight is 327 g/mol. The first-order valence-electron chi connectivity index (χ1n) is 7.99. The molecule has 0 spiro atoms. The van der Waals surface area contributed by atoms with E-state index >= 15 is 0 Å². The highest BCUT2D eigenvalue weighted by atomic mass is 16.3. The highest BCUT2D eigenvalue weighted by molar-refractivity contribution is 5.20. The lowest BCUT2D eigenvalue weighted by Crippen LogP contribution is -2.31. The van der Waals surface area contributed by atoms with Crippen LogP contribution in [-0.4, -0.2) is 76.6 Å². The Hall–Kier alpha value is -1.41. The molecule has 7 heteroatoms. The summed E-state index contributed by atoms with van der Waals surface area (Å²) in [4.78, 5) is 15.7. The molecule has 0 atom stereocenters. The van der Waals surface area contributed by atoms with Crippen LogP contribution in [0.15, 0.2) is 17.1 Å². The van der Waals surface area contributed by atoms with Crippen LogP contribution in [0.2, 0.25) is 0 Å². The van der Waals surface area contributed by atoms with E-state index in [1.165, 1.54) is 12.3 Å². The molecular formula is C16H29N3O4. The highest BCUT2D eigenvalue weighted by Crippen LogP contribution is 2.10. The molecule has 0 aliphatic heterocycles. The van der Waals surface area contributed by atoms with E-state index in [1.54, 1.807) is 0 Å². The summed E-state index contributed by atoms with van der Waals surface area (Å²) in [6.45, 7) is 2.99. The van der Waals surface area contributed by atoms with Crippen LogP contribution in [0.4, 0.5) is 0 Å². The van der Waals surface area contributed by atoms with Crippen molar-refractivity contribution in [3.05, 3.63) is 28.2 Å². The fourth-order valence-electron chi connectivity index (χ4n) is 2.44. The summed E-state index contributed by atoms with van der Waals surface area (Å²) in [6.07, 6.45) is 3.44. The first-order chi connectivity index (χ1) is 11.0. The number of aromatic nitrogens is 1. The number of rotatable bonds is 11. The SMILES string of the molecule is CN(C)CCCCn1cc(O)c(=O)cc1CN(CCO)CCO. The van der Waals surface area contributed by atoms with Gasteiger partial charge in [0.25, 0.3) is 0 Å². The molecule has 0 unspecified atom stereocenters. The minimum absolute atomic E-state index is 0.00878. The van der Waals surface area contributed by atoms with Gasteiger partial charge in [0.15, 0.2) is 5.75 Å². The molecule has 132 valence electrons. The van der Waals surface area contributed by atoms with Crippen molar-refractivity contribution in [1.29, 1.82) is 0 Å². The highest BCUT2D eigenvalue weighted by Gasteiger charge is 2.11. The topological polar surface area (TPSA) is 89.2 Å². The largest absolute Gasteiger partial charge is 0.503 e. The quantitative estimate of drug-likeness (QED) is 0.483. The number of aliphatic hydroxyl groups excluding tert-OH is 2. The Morgan fingerprint density at radius 2 is 1.74 bits per heavy atom. The fourth-order valence-corrected chi connectivity index (χ4v) is 2.44. The summed E-state index contributed by atoms with van der Waals surface area (Å²) in [5.74, 6) is -0.253. The van der Waals surface area contributed by atoms with Gasteiger partial charge >= 0.3 is 0 Å². The summed E-state index contributed by atoms with van der Waals surface area (Å²) in [7, 11) is 4.05. The number of hydrogen-bond donors (Lipinski definition) is 3. The number of hydrogen-bond acceptors (Lipinski definition) is 6. The van der Waals surface area contributed by atoms with Gasteiger partial charge in [0.05, 0.1) is 19.4 Å². The number of unbranched alkanes of at least 4 members (excludes halogenated alkanes) is 1. The zero-order valence-corrected chi connectivity index (χ0v) is 14.1. The summed E-state index contributed by atoms with van der Waals surface area (Å²) in [5, 5.41) is 27.9. The molecule has 7 nitrogen and oxygen atoms in total. The van der Waals surface area contributed by atoms with Crippen LogP contribution in [0.5, 0.6) is 5.75 Å². The Morgan fingerprint density at radius 1 is 1.09 bits per heavy atom. The number of pyridine rings is 1. The molecular weight excluding hydrogens is 298 g/mol. The molecule has 0 aromatic carbocycles. The van der Waals surface area contributed by atoms with Gasteiger partial charge in [-0.25, -0.2) is 0 Å². The van der Waals surface area contributed by atoms with Crippen molar-refractivity contribution in [1.82, 2.24) is 14.4 Å². The van der Waals surface area contributed by atoms with Gasteiger partial charge in [0.1, 0.15) is 0 Å². The Balaban J connectivity index is 2.82. The van der Waals surface area contributed by atoms with Crippen LogP contribution >= 0.6 is 0 Å². The summed E-state index contributed by atoms with van der Waals surface area (Å²) in [6, 6.07) is 1.43. The molecule has 1 aromatic rings. The standard InChI is InChI=1S/C16H29N3O4/c1-17(2)5-3-4-6-19-13-16(23)15(22)11-14(19)12-18(7-9-20)8-10-21/h11,13,20-21,23H,3-10,12H2,1-2H3. The minimum atomic E-state index is -0.405. The van der Waals surface area contributed by atoms with E-state index in [0.717, 1.165) is 25.1 Å². The van der Waals surface area contributed by atoms with Crippen LogP contribution in [0.1, 0.15) is 18.5 Å². The molecule has 0 fully saturated rings. The maximum absolute atomic E-state index is 11.7. The van der Waals surface area contributed by atoms with Gasteiger partial charge in [-0.1, -0.05) is 0 Å². The molecule has 3 N–H and O–H groups in total. The first-order valence-corrected chi connectivity index (χ1v) is 7.99. The maximum Gasteiger partial charge on any atom is 0.223 e. The van der Waals surface area contributed by atoms with Crippen molar-refractivity contribution in [3.8, 4) is 5.75 Å². The van der Waals surface area contributed by atoms with Gasteiger partial charge in [0, 0.05) is 37.9 Å². The van der Waals surface area contributed by atoms with Crippen LogP contribution in [0, 0.1) is 0 Å². The van der Waals surface area contributed by atoms with Gasteiger partial charge in [0.2, 0.25) is 5.43 Å². The maximum atomic E-state index is 11.7. The van der Waals surface area contributed by atoms with E-state index in [2.05, 4.69) is 4.90 Å². The molecule has 1 heterocycles. The second kappa shape index (κ2) is 10.4. The van der Waals surface area contributed by atoms with Crippen molar-refractivity contribution in [2.45, 2.75) is 25.9 Å². The molecule has 1 aromatic heterocycles. The van der Waals surface area contributed by atoms with Crippen LogP contribution in [-0.2, 0) is 13.1 Å². The van der Waals surface area contributed by atoms with E-state index in [4.69, 9.17) is 10.2 Å². The van der Waals surface area contributed by atoms with Crippen LogP contribution in [0.25, 0.3) is 0 Å². The third-order valence-electron chi connectivity index (χ3n) is 3.67. The second-order valence-electron chi connectivity index (χ2n) is 5.94. The first kappa shape index (κ1) is 19.6. The molecule has 0 saturated heterocycles. The molecule has 0 aliphatic carbocycles. The molecule has 23 heavy (non-hydrogen) atoms. The van der Waals surface area contributed by atoms with Gasteiger partial charge in [-0.2, -0.15) is 0 Å². The van der Waals surface area contributed by atoms with E-state index in [-0.39, 0.29) is 19.0 Å². The normalized spacial score (nSPS) is 11.6. The smallest absolute Gasteiger partial charge is 0.223 e. The van der Waals surface area contributed by atoms with Gasteiger partial charge in [-0.3, -0.25) is 9.69 Å². The Morgan fingerprint density at radius 3 is 2.30 bits per heavy atom. The Bertz CT molecular complexity index is 511. The molecule has 1 rings (SSSR count). The van der Waals surface area contributed by atoms with Crippen molar-refractivity contribution in [2.24, 2.45) is 0 Å². The molecule has 0 amide bonds. The Kier molecular flexibility index (Phi) is 8.86. The third kappa shape index (κ3) is 7.13. The lowest BCUT2D eigenvalue weighted by atomic mass is 10.2. The number of aryl methyl sites for hydroxylation is 1. The zero-order valence-electron chi connectivity index (χ0n) is 14.1. The number of nitrogens with zero attached hydrogens (tertiary/aromatic N) is 3. The van der Waals surface area contributed by atoms with Crippen molar-refractivity contribution >= 4 is 0 Å². The van der Waals surface area contributed by atoms with Crippen molar-refractivity contribution < 1.29 is 15.3 Å². The van der Waals surface area contributed by atoms with E-state index in [0.29, 0.717) is 26.2 Å². The average Bonchev–Trinajstić information content (AvgIpc) is 2.48. The van der Waals surface area contributed by atoms with Crippen LogP contribution in [0.3, 0.4) is 0 Å². The molecule has 0 radical (unpaired) electrons. The minimum Gasteiger partial charge on any atom is -0.503 e. The Labute approximate surface area is 137 Å². The van der Waals surface area contributed by atoms with E-state index in [1.807, 2.05) is 23.6 Å². The van der Waals surface area contributed by atoms with Gasteiger partial charge in [-0.15, -0.1) is 0 Å². The predicted octanol–water partition coefficient (Wildman–Crippen LogP) is -0.318. The van der Waals surface area contributed by atoms with Gasteiger partial charge < -0.3 is 24.8 Å².